The highest BCUT2D eigenvalue weighted by Crippen LogP contribution is 2.33. The SMILES string of the molecule is CC(C)NC(=O)C1CCN(c2nc(-c3ccccc3)nc3c2CCC3)CC1. The zero-order valence-electron chi connectivity index (χ0n) is 16.2. The van der Waals surface area contributed by atoms with Crippen molar-refractivity contribution in [2.24, 2.45) is 5.92 Å². The average Bonchev–Trinajstić information content (AvgIpc) is 3.16. The van der Waals surface area contributed by atoms with Gasteiger partial charge in [-0.2, -0.15) is 0 Å². The minimum absolute atomic E-state index is 0.118. The summed E-state index contributed by atoms with van der Waals surface area (Å²) in [5.41, 5.74) is 3.60. The smallest absolute Gasteiger partial charge is 0.223 e. The second-order valence-electron chi connectivity index (χ2n) is 7.94. The molecule has 1 N–H and O–H groups in total. The van der Waals surface area contributed by atoms with Crippen LogP contribution in [0.5, 0.6) is 0 Å². The number of piperidine rings is 1. The number of benzene rings is 1. The summed E-state index contributed by atoms with van der Waals surface area (Å²) in [6.45, 7) is 5.80. The summed E-state index contributed by atoms with van der Waals surface area (Å²) in [5, 5.41) is 3.06. The van der Waals surface area contributed by atoms with Gasteiger partial charge in [0.1, 0.15) is 5.82 Å². The monoisotopic (exact) mass is 364 g/mol. The number of rotatable bonds is 4. The van der Waals surface area contributed by atoms with Crippen molar-refractivity contribution in [3.8, 4) is 11.4 Å². The first kappa shape index (κ1) is 18.0. The number of nitrogens with one attached hydrogen (secondary N) is 1. The van der Waals surface area contributed by atoms with E-state index in [4.69, 9.17) is 9.97 Å². The molecule has 1 aliphatic heterocycles. The van der Waals surface area contributed by atoms with Crippen molar-refractivity contribution in [1.29, 1.82) is 0 Å². The predicted molar refractivity (Wildman–Crippen MR) is 108 cm³/mol. The van der Waals surface area contributed by atoms with Gasteiger partial charge in [-0.3, -0.25) is 4.79 Å². The Morgan fingerprint density at radius 2 is 1.85 bits per heavy atom. The van der Waals surface area contributed by atoms with Crippen LogP contribution >= 0.6 is 0 Å². The number of amides is 1. The van der Waals surface area contributed by atoms with E-state index in [0.29, 0.717) is 0 Å². The van der Waals surface area contributed by atoms with Crippen LogP contribution in [0.25, 0.3) is 11.4 Å². The number of aromatic nitrogens is 2. The van der Waals surface area contributed by atoms with Gasteiger partial charge in [-0.15, -0.1) is 0 Å². The van der Waals surface area contributed by atoms with Crippen molar-refractivity contribution < 1.29 is 4.79 Å². The molecule has 0 unspecified atom stereocenters. The number of hydrogen-bond acceptors (Lipinski definition) is 4. The molecule has 1 aromatic carbocycles. The van der Waals surface area contributed by atoms with E-state index in [1.54, 1.807) is 0 Å². The molecular formula is C22H28N4O. The van der Waals surface area contributed by atoms with Crippen LogP contribution in [0.3, 0.4) is 0 Å². The summed E-state index contributed by atoms with van der Waals surface area (Å²) in [5.74, 6) is 2.24. The van der Waals surface area contributed by atoms with Crippen LogP contribution < -0.4 is 10.2 Å². The highest BCUT2D eigenvalue weighted by atomic mass is 16.1. The molecule has 1 amide bonds. The molecule has 2 aliphatic rings. The minimum Gasteiger partial charge on any atom is -0.356 e. The predicted octanol–water partition coefficient (Wildman–Crippen LogP) is 3.37. The molecule has 0 atom stereocenters. The molecule has 142 valence electrons. The van der Waals surface area contributed by atoms with Crippen LogP contribution in [-0.4, -0.2) is 35.0 Å². The summed E-state index contributed by atoms with van der Waals surface area (Å²) >= 11 is 0. The lowest BCUT2D eigenvalue weighted by Gasteiger charge is -2.33. The van der Waals surface area contributed by atoms with Crippen molar-refractivity contribution >= 4 is 11.7 Å². The number of aryl methyl sites for hydroxylation is 1. The lowest BCUT2D eigenvalue weighted by molar-refractivity contribution is -0.126. The van der Waals surface area contributed by atoms with E-state index in [1.807, 2.05) is 32.0 Å². The van der Waals surface area contributed by atoms with Crippen LogP contribution in [0.15, 0.2) is 30.3 Å². The van der Waals surface area contributed by atoms with Crippen LogP contribution in [0, 0.1) is 5.92 Å². The molecule has 1 fully saturated rings. The van der Waals surface area contributed by atoms with Gasteiger partial charge in [0.15, 0.2) is 5.82 Å². The summed E-state index contributed by atoms with van der Waals surface area (Å²) in [7, 11) is 0. The van der Waals surface area contributed by atoms with Crippen molar-refractivity contribution in [2.45, 2.75) is 52.0 Å². The molecule has 0 radical (unpaired) electrons. The quantitative estimate of drug-likeness (QED) is 0.904. The number of fused-ring (bicyclic) bond motifs is 1. The summed E-state index contributed by atoms with van der Waals surface area (Å²) in [4.78, 5) is 24.5. The maximum atomic E-state index is 12.3. The van der Waals surface area contributed by atoms with E-state index < -0.39 is 0 Å². The molecule has 0 bridgehead atoms. The van der Waals surface area contributed by atoms with Gasteiger partial charge < -0.3 is 10.2 Å². The maximum Gasteiger partial charge on any atom is 0.223 e. The number of anilines is 1. The summed E-state index contributed by atoms with van der Waals surface area (Å²) in [6, 6.07) is 10.4. The van der Waals surface area contributed by atoms with Crippen molar-refractivity contribution in [2.75, 3.05) is 18.0 Å². The number of hydrogen-bond donors (Lipinski definition) is 1. The van der Waals surface area contributed by atoms with E-state index in [1.165, 1.54) is 11.3 Å². The van der Waals surface area contributed by atoms with E-state index in [-0.39, 0.29) is 17.9 Å². The normalized spacial score (nSPS) is 17.2. The molecule has 1 aliphatic carbocycles. The largest absolute Gasteiger partial charge is 0.356 e. The molecule has 1 saturated heterocycles. The second-order valence-corrected chi connectivity index (χ2v) is 7.94. The Kier molecular flexibility index (Phi) is 5.10. The van der Waals surface area contributed by atoms with Crippen molar-refractivity contribution in [3.05, 3.63) is 41.6 Å². The highest BCUT2D eigenvalue weighted by Gasteiger charge is 2.29. The van der Waals surface area contributed by atoms with Gasteiger partial charge in [0, 0.05) is 41.9 Å². The van der Waals surface area contributed by atoms with Gasteiger partial charge in [0.2, 0.25) is 5.91 Å². The molecule has 5 nitrogen and oxygen atoms in total. The zero-order valence-corrected chi connectivity index (χ0v) is 16.2. The molecule has 27 heavy (non-hydrogen) atoms. The standard InChI is InChI=1S/C22H28N4O/c1-15(2)23-22(27)17-11-13-26(14-12-17)21-18-9-6-10-19(18)24-20(25-21)16-7-4-3-5-8-16/h3-5,7-8,15,17H,6,9-14H2,1-2H3,(H,23,27). The van der Waals surface area contributed by atoms with E-state index in [9.17, 15) is 4.79 Å². The molecule has 5 heteroatoms. The molecule has 2 aromatic rings. The topological polar surface area (TPSA) is 58.1 Å². The second kappa shape index (κ2) is 7.67. The first-order chi connectivity index (χ1) is 13.1. The maximum absolute atomic E-state index is 12.3. The lowest BCUT2D eigenvalue weighted by Crippen LogP contribution is -2.43. The Hall–Kier alpha value is -2.43. The van der Waals surface area contributed by atoms with Gasteiger partial charge >= 0.3 is 0 Å². The summed E-state index contributed by atoms with van der Waals surface area (Å²) in [6.07, 6.45) is 5.03. The molecule has 4 rings (SSSR count). The molecule has 0 spiro atoms. The van der Waals surface area contributed by atoms with E-state index in [2.05, 4.69) is 22.3 Å². The van der Waals surface area contributed by atoms with E-state index >= 15 is 0 Å². The lowest BCUT2D eigenvalue weighted by atomic mass is 9.95. The highest BCUT2D eigenvalue weighted by molar-refractivity contribution is 5.79. The molecule has 1 aromatic heterocycles. The first-order valence-electron chi connectivity index (χ1n) is 10.1. The fourth-order valence-electron chi connectivity index (χ4n) is 4.15. The Balaban J connectivity index is 1.56. The Bertz CT molecular complexity index is 811. The van der Waals surface area contributed by atoms with Gasteiger partial charge in [-0.05, 0) is 46.0 Å². The van der Waals surface area contributed by atoms with Crippen molar-refractivity contribution in [1.82, 2.24) is 15.3 Å². The molecule has 2 heterocycles. The fraction of sp³-hybridized carbons (Fsp3) is 0.500. The van der Waals surface area contributed by atoms with Crippen molar-refractivity contribution in [3.63, 3.8) is 0 Å². The molecule has 0 saturated carbocycles. The average molecular weight is 364 g/mol. The van der Waals surface area contributed by atoms with Crippen LogP contribution in [-0.2, 0) is 17.6 Å². The van der Waals surface area contributed by atoms with Gasteiger partial charge in [-0.25, -0.2) is 9.97 Å². The first-order valence-corrected chi connectivity index (χ1v) is 10.1. The Morgan fingerprint density at radius 3 is 2.56 bits per heavy atom. The summed E-state index contributed by atoms with van der Waals surface area (Å²) < 4.78 is 0. The van der Waals surface area contributed by atoms with Gasteiger partial charge in [0.05, 0.1) is 0 Å². The Labute approximate surface area is 161 Å². The molecular weight excluding hydrogens is 336 g/mol. The third-order valence-electron chi connectivity index (χ3n) is 5.54. The van der Waals surface area contributed by atoms with Crippen LogP contribution in [0.2, 0.25) is 0 Å². The van der Waals surface area contributed by atoms with Crippen LogP contribution in [0.1, 0.15) is 44.4 Å². The zero-order chi connectivity index (χ0) is 18.8. The fourth-order valence-corrected chi connectivity index (χ4v) is 4.15. The third-order valence-corrected chi connectivity index (χ3v) is 5.54. The number of carbonyl (C=O) groups excluding carboxylic acids is 1. The van der Waals surface area contributed by atoms with Crippen LogP contribution in [0.4, 0.5) is 5.82 Å². The number of carbonyl (C=O) groups is 1. The minimum atomic E-state index is 0.118. The van der Waals surface area contributed by atoms with Gasteiger partial charge in [0.25, 0.3) is 0 Å². The third kappa shape index (κ3) is 3.82. The number of nitrogens with zero attached hydrogens (tertiary/aromatic N) is 3. The van der Waals surface area contributed by atoms with Gasteiger partial charge in [-0.1, -0.05) is 30.3 Å². The van der Waals surface area contributed by atoms with E-state index in [0.717, 1.165) is 62.4 Å². The Morgan fingerprint density at radius 1 is 1.11 bits per heavy atom.